The lowest BCUT2D eigenvalue weighted by Crippen LogP contribution is -2.31. The van der Waals surface area contributed by atoms with Gasteiger partial charge in [0.1, 0.15) is 5.82 Å². The van der Waals surface area contributed by atoms with Crippen molar-refractivity contribution in [3.8, 4) is 0 Å². The molecule has 0 unspecified atom stereocenters. The molecule has 0 fully saturated rings. The zero-order valence-corrected chi connectivity index (χ0v) is 11.7. The minimum atomic E-state index is -0.0135. The number of nitrogen functional groups attached to an aromatic ring is 1. The normalized spacial score (nSPS) is 14.2. The molecule has 2 heterocycles. The van der Waals surface area contributed by atoms with E-state index in [9.17, 15) is 4.79 Å². The minimum absolute atomic E-state index is 0.0135. The first-order valence-electron chi connectivity index (χ1n) is 7.12. The number of aromatic nitrogens is 1. The number of nitrogens with two attached hydrogens (primary N) is 1. The molecule has 5 heteroatoms. The number of rotatable bonds is 2. The lowest BCUT2D eigenvalue weighted by molar-refractivity contribution is 0.0986. The Labute approximate surface area is 123 Å². The van der Waals surface area contributed by atoms with Crippen molar-refractivity contribution in [3.05, 3.63) is 53.7 Å². The van der Waals surface area contributed by atoms with Crippen LogP contribution in [0.25, 0.3) is 0 Å². The van der Waals surface area contributed by atoms with Crippen molar-refractivity contribution in [1.29, 1.82) is 0 Å². The topological polar surface area (TPSA) is 71.2 Å². The largest absolute Gasteiger partial charge is 0.308 e. The predicted molar refractivity (Wildman–Crippen MR) is 83.1 cm³/mol. The number of pyridine rings is 1. The molecule has 1 aliphatic rings. The Balaban J connectivity index is 1.93. The van der Waals surface area contributed by atoms with Gasteiger partial charge in [-0.25, -0.2) is 10.8 Å². The molecule has 0 aliphatic carbocycles. The van der Waals surface area contributed by atoms with Crippen LogP contribution in [0.1, 0.15) is 28.8 Å². The van der Waals surface area contributed by atoms with Gasteiger partial charge < -0.3 is 10.3 Å². The molecule has 3 N–H and O–H groups in total. The second-order valence-corrected chi connectivity index (χ2v) is 5.12. The highest BCUT2D eigenvalue weighted by Gasteiger charge is 2.22. The molecule has 0 saturated carbocycles. The average molecular weight is 282 g/mol. The van der Waals surface area contributed by atoms with E-state index in [-0.39, 0.29) is 5.91 Å². The number of amides is 1. The molecule has 1 aromatic carbocycles. The van der Waals surface area contributed by atoms with Crippen LogP contribution in [0.3, 0.4) is 0 Å². The Morgan fingerprint density at radius 3 is 2.81 bits per heavy atom. The van der Waals surface area contributed by atoms with Crippen molar-refractivity contribution in [2.45, 2.75) is 19.3 Å². The predicted octanol–water partition coefficient (Wildman–Crippen LogP) is 2.35. The van der Waals surface area contributed by atoms with E-state index >= 15 is 0 Å². The van der Waals surface area contributed by atoms with Gasteiger partial charge in [0.05, 0.1) is 5.56 Å². The van der Waals surface area contributed by atoms with Crippen LogP contribution in [0.4, 0.5) is 11.5 Å². The number of anilines is 2. The number of hydrazine groups is 1. The van der Waals surface area contributed by atoms with E-state index < -0.39 is 0 Å². The molecule has 3 rings (SSSR count). The van der Waals surface area contributed by atoms with Crippen LogP contribution in [0.5, 0.6) is 0 Å². The molecule has 21 heavy (non-hydrogen) atoms. The fourth-order valence-corrected chi connectivity index (χ4v) is 2.66. The highest BCUT2D eigenvalue weighted by molar-refractivity contribution is 6.06. The van der Waals surface area contributed by atoms with E-state index in [4.69, 9.17) is 5.84 Å². The molecule has 1 amide bonds. The summed E-state index contributed by atoms with van der Waals surface area (Å²) in [6, 6.07) is 11.6. The number of nitrogens with zero attached hydrogens (tertiary/aromatic N) is 2. The molecular weight excluding hydrogens is 264 g/mol. The monoisotopic (exact) mass is 282 g/mol. The highest BCUT2D eigenvalue weighted by atomic mass is 16.2. The molecule has 0 radical (unpaired) electrons. The first-order valence-corrected chi connectivity index (χ1v) is 7.12. The number of carbonyl (C=O) groups is 1. The number of benzene rings is 1. The molecule has 5 nitrogen and oxygen atoms in total. The Bertz CT molecular complexity index is 639. The summed E-state index contributed by atoms with van der Waals surface area (Å²) in [6.45, 7) is 0.743. The van der Waals surface area contributed by atoms with Gasteiger partial charge in [-0.15, -0.1) is 0 Å². The number of fused-ring (bicyclic) bond motifs is 1. The van der Waals surface area contributed by atoms with Gasteiger partial charge in [-0.3, -0.25) is 4.79 Å². The van der Waals surface area contributed by atoms with Crippen molar-refractivity contribution in [2.75, 3.05) is 16.9 Å². The second kappa shape index (κ2) is 5.93. The summed E-state index contributed by atoms with van der Waals surface area (Å²) in [7, 11) is 0. The van der Waals surface area contributed by atoms with Crippen LogP contribution in [-0.4, -0.2) is 17.4 Å². The number of hydrogen-bond acceptors (Lipinski definition) is 4. The molecule has 2 aromatic rings. The minimum Gasteiger partial charge on any atom is -0.308 e. The van der Waals surface area contributed by atoms with E-state index in [0.717, 1.165) is 31.5 Å². The fourth-order valence-electron chi connectivity index (χ4n) is 2.66. The number of carbonyl (C=O) groups excluding carboxylic acids is 1. The number of nitrogens with one attached hydrogen (secondary N) is 1. The summed E-state index contributed by atoms with van der Waals surface area (Å²) in [5.74, 6) is 5.83. The van der Waals surface area contributed by atoms with Gasteiger partial charge in [0.15, 0.2) is 0 Å². The van der Waals surface area contributed by atoms with Gasteiger partial charge >= 0.3 is 0 Å². The molecule has 0 bridgehead atoms. The summed E-state index contributed by atoms with van der Waals surface area (Å²) in [6.07, 6.45) is 4.70. The van der Waals surface area contributed by atoms with Gasteiger partial charge in [-0.05, 0) is 43.0 Å². The Morgan fingerprint density at radius 1 is 1.19 bits per heavy atom. The fraction of sp³-hybridized carbons (Fsp3) is 0.250. The maximum Gasteiger partial charge on any atom is 0.259 e. The van der Waals surface area contributed by atoms with Crippen molar-refractivity contribution in [2.24, 2.45) is 5.84 Å². The third-order valence-electron chi connectivity index (χ3n) is 3.76. The van der Waals surface area contributed by atoms with Crippen LogP contribution < -0.4 is 16.2 Å². The average Bonchev–Trinajstić information content (AvgIpc) is 2.77. The van der Waals surface area contributed by atoms with Crippen molar-refractivity contribution >= 4 is 17.4 Å². The van der Waals surface area contributed by atoms with Gasteiger partial charge in [0, 0.05) is 18.4 Å². The molecule has 0 saturated heterocycles. The number of aryl methyl sites for hydroxylation is 1. The summed E-state index contributed by atoms with van der Waals surface area (Å²) in [4.78, 5) is 18.7. The van der Waals surface area contributed by atoms with Gasteiger partial charge in [0.2, 0.25) is 0 Å². The van der Waals surface area contributed by atoms with Crippen LogP contribution in [0, 0.1) is 0 Å². The van der Waals surface area contributed by atoms with Crippen LogP contribution in [0.15, 0.2) is 42.6 Å². The van der Waals surface area contributed by atoms with Crippen LogP contribution in [0.2, 0.25) is 0 Å². The zero-order chi connectivity index (χ0) is 14.7. The van der Waals surface area contributed by atoms with Crippen LogP contribution >= 0.6 is 0 Å². The first kappa shape index (κ1) is 13.6. The Morgan fingerprint density at radius 2 is 2.05 bits per heavy atom. The molecule has 108 valence electrons. The summed E-state index contributed by atoms with van der Waals surface area (Å²) < 4.78 is 0. The molecular formula is C16H18N4O. The zero-order valence-electron chi connectivity index (χ0n) is 11.7. The lowest BCUT2D eigenvalue weighted by Gasteiger charge is -2.22. The second-order valence-electron chi connectivity index (χ2n) is 5.12. The quantitative estimate of drug-likeness (QED) is 0.655. The van der Waals surface area contributed by atoms with Gasteiger partial charge in [-0.2, -0.15) is 0 Å². The number of hydrogen-bond donors (Lipinski definition) is 2. The maximum atomic E-state index is 12.7. The standard InChI is InChI=1S/C16H18N4O/c17-19-15-9-8-13(11-18-15)16(21)20-10-4-3-6-12-5-1-2-7-14(12)20/h1-2,5,7-9,11H,3-4,6,10,17H2,(H,18,19). The maximum absolute atomic E-state index is 12.7. The third-order valence-corrected chi connectivity index (χ3v) is 3.76. The van der Waals surface area contributed by atoms with E-state index in [2.05, 4.69) is 16.5 Å². The third kappa shape index (κ3) is 2.73. The smallest absolute Gasteiger partial charge is 0.259 e. The Kier molecular flexibility index (Phi) is 3.83. The van der Waals surface area contributed by atoms with E-state index in [0.29, 0.717) is 11.4 Å². The summed E-state index contributed by atoms with van der Waals surface area (Å²) >= 11 is 0. The highest BCUT2D eigenvalue weighted by Crippen LogP contribution is 2.27. The van der Waals surface area contributed by atoms with Crippen molar-refractivity contribution in [1.82, 2.24) is 4.98 Å². The molecule has 0 spiro atoms. The SMILES string of the molecule is NNc1ccc(C(=O)N2CCCCc3ccccc32)cn1. The lowest BCUT2D eigenvalue weighted by atomic mass is 10.1. The van der Waals surface area contributed by atoms with Crippen molar-refractivity contribution in [3.63, 3.8) is 0 Å². The Hall–Kier alpha value is -2.40. The summed E-state index contributed by atoms with van der Waals surface area (Å²) in [5.41, 5.74) is 5.28. The van der Waals surface area contributed by atoms with E-state index in [1.807, 2.05) is 23.1 Å². The number of para-hydroxylation sites is 1. The van der Waals surface area contributed by atoms with E-state index in [1.54, 1.807) is 18.3 Å². The molecule has 0 atom stereocenters. The van der Waals surface area contributed by atoms with Crippen LogP contribution in [-0.2, 0) is 6.42 Å². The van der Waals surface area contributed by atoms with Gasteiger partial charge in [0.25, 0.3) is 5.91 Å². The summed E-state index contributed by atoms with van der Waals surface area (Å²) in [5, 5.41) is 0. The molecule has 1 aromatic heterocycles. The van der Waals surface area contributed by atoms with Gasteiger partial charge in [-0.1, -0.05) is 18.2 Å². The first-order chi connectivity index (χ1) is 10.3. The molecule has 1 aliphatic heterocycles. The van der Waals surface area contributed by atoms with Crippen molar-refractivity contribution < 1.29 is 4.79 Å². The van der Waals surface area contributed by atoms with E-state index in [1.165, 1.54) is 5.56 Å².